The fraction of sp³-hybridized carbons (Fsp3) is 0.560. The lowest BCUT2D eigenvalue weighted by atomic mass is 9.63. The van der Waals surface area contributed by atoms with E-state index in [2.05, 4.69) is 10.7 Å². The second-order valence-electron chi connectivity index (χ2n) is 8.88. The largest absolute Gasteiger partial charge is 0.308 e. The highest BCUT2D eigenvalue weighted by atomic mass is 35.5. The third kappa shape index (κ3) is 7.37. The molecule has 0 radical (unpaired) electrons. The fourth-order valence-electron chi connectivity index (χ4n) is 4.45. The molecule has 8 nitrogen and oxygen atoms in total. The minimum Gasteiger partial charge on any atom is -0.308 e. The Morgan fingerprint density at radius 2 is 1.79 bits per heavy atom. The maximum atomic E-state index is 14.2. The molecule has 0 saturated heterocycles. The monoisotopic (exact) mass is 496 g/mol. The molecule has 2 amide bonds. The van der Waals surface area contributed by atoms with E-state index in [1.807, 2.05) is 57.2 Å². The van der Waals surface area contributed by atoms with Crippen LogP contribution in [0.3, 0.4) is 0 Å². The van der Waals surface area contributed by atoms with Gasteiger partial charge in [-0.05, 0) is 44.7 Å². The standard InChI is InChI=1S/C25H40N4O4.ClH/c1-6-16-25(23(32)28-26,17-18(3)7-2)22(31)24(4,27-5)20(21(30)29-33)15-11-14-19-12-9-8-10-13-19;/h8-14,18,20,27,33H,6-7,15-17,26H2,1-5H3,(H,28,32)(H,29,30);1H/b14-11+;/t18?,20-,24-,25?;/m1./s1. The second kappa shape index (κ2) is 14.9. The molecule has 0 aliphatic carbocycles. The first-order valence-corrected chi connectivity index (χ1v) is 11.6. The summed E-state index contributed by atoms with van der Waals surface area (Å²) in [4.78, 5) is 40.0. The van der Waals surface area contributed by atoms with Gasteiger partial charge in [0.2, 0.25) is 11.8 Å². The second-order valence-corrected chi connectivity index (χ2v) is 8.88. The highest BCUT2D eigenvalue weighted by Crippen LogP contribution is 2.40. The van der Waals surface area contributed by atoms with Crippen LogP contribution in [0.5, 0.6) is 0 Å². The van der Waals surface area contributed by atoms with Crippen LogP contribution in [-0.2, 0) is 14.4 Å². The Hall–Kier alpha value is -2.26. The minimum absolute atomic E-state index is 0. The van der Waals surface area contributed by atoms with Crippen LogP contribution in [0.1, 0.15) is 65.4 Å². The topological polar surface area (TPSA) is 134 Å². The van der Waals surface area contributed by atoms with Crippen molar-refractivity contribution in [1.82, 2.24) is 16.2 Å². The van der Waals surface area contributed by atoms with Gasteiger partial charge in [0.25, 0.3) is 0 Å². The van der Waals surface area contributed by atoms with Crippen molar-refractivity contribution in [3.63, 3.8) is 0 Å². The number of rotatable bonds is 14. The number of benzene rings is 1. The van der Waals surface area contributed by atoms with Gasteiger partial charge in [-0.2, -0.15) is 0 Å². The molecule has 0 spiro atoms. The molecule has 2 unspecified atom stereocenters. The van der Waals surface area contributed by atoms with E-state index in [0.717, 1.165) is 12.0 Å². The lowest BCUT2D eigenvalue weighted by molar-refractivity contribution is -0.153. The number of ketones is 1. The van der Waals surface area contributed by atoms with Gasteiger partial charge in [0.15, 0.2) is 5.78 Å². The van der Waals surface area contributed by atoms with E-state index in [4.69, 9.17) is 5.84 Å². The molecule has 6 N–H and O–H groups in total. The Labute approximate surface area is 209 Å². The molecule has 1 aromatic rings. The maximum Gasteiger partial charge on any atom is 0.249 e. The fourth-order valence-corrected chi connectivity index (χ4v) is 4.45. The molecule has 0 heterocycles. The van der Waals surface area contributed by atoms with Crippen LogP contribution in [-0.4, -0.2) is 35.4 Å². The van der Waals surface area contributed by atoms with Crippen LogP contribution >= 0.6 is 12.4 Å². The number of hydrogen-bond acceptors (Lipinski definition) is 6. The Balaban J connectivity index is 0.0000109. The highest BCUT2D eigenvalue weighted by Gasteiger charge is 2.55. The number of halogens is 1. The number of nitrogens with two attached hydrogens (primary N) is 1. The van der Waals surface area contributed by atoms with Gasteiger partial charge < -0.3 is 5.32 Å². The summed E-state index contributed by atoms with van der Waals surface area (Å²) < 4.78 is 0. The molecule has 0 aliphatic rings. The molecular weight excluding hydrogens is 456 g/mol. The van der Waals surface area contributed by atoms with Crippen molar-refractivity contribution >= 4 is 36.1 Å². The zero-order chi connectivity index (χ0) is 25.1. The lowest BCUT2D eigenvalue weighted by Crippen LogP contribution is -2.65. The van der Waals surface area contributed by atoms with Crippen LogP contribution < -0.4 is 22.1 Å². The number of hydroxylamine groups is 1. The summed E-state index contributed by atoms with van der Waals surface area (Å²) >= 11 is 0. The van der Waals surface area contributed by atoms with Crippen LogP contribution in [0.2, 0.25) is 0 Å². The highest BCUT2D eigenvalue weighted by molar-refractivity contribution is 6.11. The lowest BCUT2D eigenvalue weighted by Gasteiger charge is -2.43. The first kappa shape index (κ1) is 31.7. The van der Waals surface area contributed by atoms with E-state index < -0.39 is 34.5 Å². The summed E-state index contributed by atoms with van der Waals surface area (Å²) in [7, 11) is 1.58. The van der Waals surface area contributed by atoms with Gasteiger partial charge in [-0.15, -0.1) is 12.4 Å². The van der Waals surface area contributed by atoms with Crippen molar-refractivity contribution in [2.75, 3.05) is 7.05 Å². The SMILES string of the molecule is CCCC(CC(C)CC)(C(=O)NN)C(=O)[C@](C)(NC)[C@H](C/C=C/c1ccccc1)C(=O)NO.Cl. The summed E-state index contributed by atoms with van der Waals surface area (Å²) in [5, 5.41) is 12.4. The molecule has 0 bridgehead atoms. The first-order chi connectivity index (χ1) is 15.7. The van der Waals surface area contributed by atoms with Crippen LogP contribution in [0.4, 0.5) is 0 Å². The Bertz CT molecular complexity index is 820. The van der Waals surface area contributed by atoms with Gasteiger partial charge in [0.1, 0.15) is 5.41 Å². The van der Waals surface area contributed by atoms with Crippen molar-refractivity contribution in [2.24, 2.45) is 23.1 Å². The van der Waals surface area contributed by atoms with Crippen molar-refractivity contribution in [1.29, 1.82) is 0 Å². The third-order valence-electron chi connectivity index (χ3n) is 6.67. The number of carbonyl (C=O) groups is 3. The van der Waals surface area contributed by atoms with E-state index in [1.54, 1.807) is 25.5 Å². The summed E-state index contributed by atoms with van der Waals surface area (Å²) in [5.41, 5.74) is 1.98. The minimum atomic E-state index is -1.44. The average Bonchev–Trinajstić information content (AvgIpc) is 2.84. The van der Waals surface area contributed by atoms with Crippen LogP contribution in [0.25, 0.3) is 6.08 Å². The number of amides is 2. The quantitative estimate of drug-likeness (QED) is 0.0881. The molecule has 1 aromatic carbocycles. The molecule has 0 aromatic heterocycles. The molecule has 1 rings (SSSR count). The van der Waals surface area contributed by atoms with Gasteiger partial charge in [0, 0.05) is 0 Å². The normalized spacial score (nSPS) is 16.4. The Kier molecular flexibility index (Phi) is 13.9. The van der Waals surface area contributed by atoms with Crippen LogP contribution in [0, 0.1) is 17.3 Å². The number of likely N-dealkylation sites (N-methyl/N-ethyl adjacent to an activating group) is 1. The summed E-state index contributed by atoms with van der Waals surface area (Å²) in [5.74, 6) is 2.97. The number of hydrogen-bond donors (Lipinski definition) is 5. The predicted octanol–water partition coefficient (Wildman–Crippen LogP) is 3.39. The molecule has 9 heteroatoms. The van der Waals surface area contributed by atoms with Gasteiger partial charge in [-0.25, -0.2) is 11.3 Å². The average molecular weight is 497 g/mol. The van der Waals surface area contributed by atoms with Gasteiger partial charge >= 0.3 is 0 Å². The van der Waals surface area contributed by atoms with Crippen molar-refractivity contribution in [3.8, 4) is 0 Å². The molecular formula is C25H41ClN4O4. The predicted molar refractivity (Wildman–Crippen MR) is 137 cm³/mol. The summed E-state index contributed by atoms with van der Waals surface area (Å²) in [6, 6.07) is 9.55. The molecule has 0 fully saturated rings. The summed E-state index contributed by atoms with van der Waals surface area (Å²) in [6.45, 7) is 7.49. The number of Topliss-reactive ketones (excluding diaryl/α,β-unsaturated/α-hetero) is 1. The van der Waals surface area contributed by atoms with Gasteiger partial charge in [-0.1, -0.05) is 76.1 Å². The van der Waals surface area contributed by atoms with Gasteiger partial charge in [-0.3, -0.25) is 25.0 Å². The third-order valence-corrected chi connectivity index (χ3v) is 6.67. The zero-order valence-electron chi connectivity index (χ0n) is 20.9. The molecule has 4 atom stereocenters. The van der Waals surface area contributed by atoms with Crippen LogP contribution in [0.15, 0.2) is 36.4 Å². The number of allylic oxidation sites excluding steroid dienone is 1. The van der Waals surface area contributed by atoms with Crippen molar-refractivity contribution < 1.29 is 19.6 Å². The van der Waals surface area contributed by atoms with E-state index in [-0.39, 0.29) is 24.7 Å². The smallest absolute Gasteiger partial charge is 0.249 e. The number of hydrazine groups is 1. The van der Waals surface area contributed by atoms with E-state index in [0.29, 0.717) is 19.3 Å². The molecule has 0 aliphatic heterocycles. The van der Waals surface area contributed by atoms with Gasteiger partial charge in [0.05, 0.1) is 11.5 Å². The number of carbonyl (C=O) groups excluding carboxylic acids is 3. The van der Waals surface area contributed by atoms with E-state index in [1.165, 1.54) is 0 Å². The maximum absolute atomic E-state index is 14.2. The van der Waals surface area contributed by atoms with E-state index >= 15 is 0 Å². The first-order valence-electron chi connectivity index (χ1n) is 11.6. The Morgan fingerprint density at radius 1 is 1.18 bits per heavy atom. The molecule has 0 saturated carbocycles. The molecule has 192 valence electrons. The zero-order valence-corrected chi connectivity index (χ0v) is 21.7. The molecule has 34 heavy (non-hydrogen) atoms. The summed E-state index contributed by atoms with van der Waals surface area (Å²) in [6.07, 6.45) is 5.78. The Morgan fingerprint density at radius 3 is 2.26 bits per heavy atom. The number of nitrogens with one attached hydrogen (secondary N) is 3. The van der Waals surface area contributed by atoms with Crippen molar-refractivity contribution in [2.45, 2.75) is 65.3 Å². The van der Waals surface area contributed by atoms with E-state index in [9.17, 15) is 19.6 Å². The van der Waals surface area contributed by atoms with Crippen molar-refractivity contribution in [3.05, 3.63) is 42.0 Å².